The topological polar surface area (TPSA) is 0 Å². The van der Waals surface area contributed by atoms with Gasteiger partial charge in [-0.1, -0.05) is 67.0 Å². The fourth-order valence-electron chi connectivity index (χ4n) is 0.408. The van der Waals surface area contributed by atoms with E-state index in [1.807, 2.05) is 0 Å². The van der Waals surface area contributed by atoms with Crippen molar-refractivity contribution in [1.82, 2.24) is 0 Å². The van der Waals surface area contributed by atoms with E-state index >= 15 is 0 Å². The minimum Gasteiger partial charge on any atom is -0.0886 e. The monoisotopic (exact) mass is 184 g/mol. The molecule has 0 aliphatic rings. The maximum atomic E-state index is 2.24. The Morgan fingerprint density at radius 3 is 1.54 bits per heavy atom. The van der Waals surface area contributed by atoms with Gasteiger partial charge in [-0.15, -0.1) is 0 Å². The van der Waals surface area contributed by atoms with Gasteiger partial charge < -0.3 is 0 Å². The van der Waals surface area contributed by atoms with Crippen molar-refractivity contribution in [3.05, 3.63) is 12.2 Å². The van der Waals surface area contributed by atoms with Gasteiger partial charge in [-0.05, 0) is 17.8 Å². The molecule has 0 heteroatoms. The van der Waals surface area contributed by atoms with Crippen LogP contribution in [-0.2, 0) is 0 Å². The molecule has 0 N–H and O–H groups in total. The highest BCUT2D eigenvalue weighted by atomic mass is 14.1. The van der Waals surface area contributed by atoms with Crippen molar-refractivity contribution in [2.45, 2.75) is 61.3 Å². The highest BCUT2D eigenvalue weighted by Crippen LogP contribution is 2.16. The average molecular weight is 184 g/mol. The van der Waals surface area contributed by atoms with Crippen molar-refractivity contribution in [3.8, 4) is 0 Å². The Labute approximate surface area is 85.4 Å². The van der Waals surface area contributed by atoms with E-state index in [9.17, 15) is 0 Å². The molecule has 0 aliphatic heterocycles. The van der Waals surface area contributed by atoms with Gasteiger partial charge in [-0.3, -0.25) is 0 Å². The van der Waals surface area contributed by atoms with Crippen molar-refractivity contribution < 1.29 is 0 Å². The summed E-state index contributed by atoms with van der Waals surface area (Å²) in [6.45, 7) is 15.5. The molecule has 0 aromatic rings. The Kier molecular flexibility index (Phi) is 9.77. The van der Waals surface area contributed by atoms with E-state index in [4.69, 9.17) is 0 Å². The second-order valence-corrected chi connectivity index (χ2v) is 4.99. The van der Waals surface area contributed by atoms with Crippen molar-refractivity contribution in [2.24, 2.45) is 11.3 Å². The number of hydrogen-bond donors (Lipinski definition) is 0. The molecule has 0 atom stereocenters. The summed E-state index contributed by atoms with van der Waals surface area (Å²) in [7, 11) is 0. The van der Waals surface area contributed by atoms with Crippen LogP contribution >= 0.6 is 0 Å². The molecule has 0 aliphatic carbocycles. The molecule has 13 heavy (non-hydrogen) atoms. The zero-order chi connectivity index (χ0) is 10.9. The molecule has 0 aromatic carbocycles. The number of hydrogen-bond acceptors (Lipinski definition) is 0. The summed E-state index contributed by atoms with van der Waals surface area (Å²) in [4.78, 5) is 0. The van der Waals surface area contributed by atoms with Crippen LogP contribution in [0.15, 0.2) is 12.2 Å². The standard InChI is InChI=1S/C7H14.C6H14/c1-4-5-6-7(2)3;1-5-6(2,3)4/h5-7H,4H2,1-3H3;5H2,1-4H3/b6-5-;. The molecule has 0 bridgehead atoms. The summed E-state index contributed by atoms with van der Waals surface area (Å²) in [6, 6.07) is 0. The Bertz CT molecular complexity index is 112. The summed E-state index contributed by atoms with van der Waals surface area (Å²) < 4.78 is 0. The van der Waals surface area contributed by atoms with Gasteiger partial charge in [0.15, 0.2) is 0 Å². The van der Waals surface area contributed by atoms with Crippen molar-refractivity contribution >= 4 is 0 Å². The maximum absolute atomic E-state index is 2.24. The van der Waals surface area contributed by atoms with Crippen LogP contribution < -0.4 is 0 Å². The molecule has 0 rings (SSSR count). The van der Waals surface area contributed by atoms with Gasteiger partial charge in [0.25, 0.3) is 0 Å². The van der Waals surface area contributed by atoms with Crippen molar-refractivity contribution in [3.63, 3.8) is 0 Å². The van der Waals surface area contributed by atoms with Gasteiger partial charge >= 0.3 is 0 Å². The van der Waals surface area contributed by atoms with Gasteiger partial charge in [0.05, 0.1) is 0 Å². The van der Waals surface area contributed by atoms with E-state index in [1.165, 1.54) is 6.42 Å². The molecule has 0 fully saturated rings. The number of rotatable bonds is 2. The fourth-order valence-corrected chi connectivity index (χ4v) is 0.408. The van der Waals surface area contributed by atoms with E-state index in [-0.39, 0.29) is 0 Å². The fraction of sp³-hybridized carbons (Fsp3) is 0.846. The molecule has 0 heterocycles. The van der Waals surface area contributed by atoms with Crippen molar-refractivity contribution in [1.29, 1.82) is 0 Å². The molecule has 0 saturated heterocycles. The van der Waals surface area contributed by atoms with Crippen LogP contribution in [0.25, 0.3) is 0 Å². The first-order valence-electron chi connectivity index (χ1n) is 5.50. The van der Waals surface area contributed by atoms with Crippen LogP contribution in [0, 0.1) is 11.3 Å². The minimum atomic E-state index is 0.542. The lowest BCUT2D eigenvalue weighted by Crippen LogP contribution is -2.00. The van der Waals surface area contributed by atoms with Gasteiger partial charge in [-0.2, -0.15) is 0 Å². The van der Waals surface area contributed by atoms with Crippen LogP contribution in [0.2, 0.25) is 0 Å². The van der Waals surface area contributed by atoms with E-state index in [0.29, 0.717) is 5.41 Å². The van der Waals surface area contributed by atoms with E-state index in [1.54, 1.807) is 0 Å². The largest absolute Gasteiger partial charge is 0.0886 e. The summed E-state index contributed by atoms with van der Waals surface area (Å²) in [6.07, 6.45) is 6.86. The lowest BCUT2D eigenvalue weighted by atomic mass is 9.94. The molecule has 0 saturated carbocycles. The van der Waals surface area contributed by atoms with Crippen LogP contribution in [0.5, 0.6) is 0 Å². The predicted molar refractivity (Wildman–Crippen MR) is 64.0 cm³/mol. The van der Waals surface area contributed by atoms with Gasteiger partial charge in [0, 0.05) is 0 Å². The number of allylic oxidation sites excluding steroid dienone is 2. The summed E-state index contributed by atoms with van der Waals surface area (Å²) in [5.74, 6) is 0.722. The lowest BCUT2D eigenvalue weighted by molar-refractivity contribution is 0.398. The second-order valence-electron chi connectivity index (χ2n) is 4.99. The van der Waals surface area contributed by atoms with Gasteiger partial charge in [0.1, 0.15) is 0 Å². The molecular formula is C13H28. The Balaban J connectivity index is 0. The molecule has 0 radical (unpaired) electrons. The second kappa shape index (κ2) is 8.34. The average Bonchev–Trinajstić information content (AvgIpc) is 2.01. The molecule has 0 nitrogen and oxygen atoms in total. The maximum Gasteiger partial charge on any atom is -0.0290 e. The highest BCUT2D eigenvalue weighted by Gasteiger charge is 2.03. The molecule has 0 amide bonds. The van der Waals surface area contributed by atoms with Crippen LogP contribution in [-0.4, -0.2) is 0 Å². The van der Waals surface area contributed by atoms with Crippen molar-refractivity contribution in [2.75, 3.05) is 0 Å². The zero-order valence-electron chi connectivity index (χ0n) is 10.6. The zero-order valence-corrected chi connectivity index (χ0v) is 10.6. The smallest absolute Gasteiger partial charge is 0.0290 e. The Morgan fingerprint density at radius 1 is 1.08 bits per heavy atom. The van der Waals surface area contributed by atoms with Crippen LogP contribution in [0.4, 0.5) is 0 Å². The molecular weight excluding hydrogens is 156 g/mol. The third-order valence-corrected chi connectivity index (χ3v) is 1.82. The normalized spacial score (nSPS) is 11.7. The third-order valence-electron chi connectivity index (χ3n) is 1.82. The molecule has 0 unspecified atom stereocenters. The van der Waals surface area contributed by atoms with Gasteiger partial charge in [0.2, 0.25) is 0 Å². The first kappa shape index (κ1) is 15.2. The Hall–Kier alpha value is -0.260. The first-order chi connectivity index (χ1) is 5.83. The quantitative estimate of drug-likeness (QED) is 0.527. The SMILES string of the molecule is CC/C=C\C(C)C.CCC(C)(C)C. The molecule has 0 aromatic heterocycles. The Morgan fingerprint density at radius 2 is 1.46 bits per heavy atom. The van der Waals surface area contributed by atoms with Crippen LogP contribution in [0.3, 0.4) is 0 Å². The van der Waals surface area contributed by atoms with Gasteiger partial charge in [-0.25, -0.2) is 0 Å². The van der Waals surface area contributed by atoms with E-state index in [0.717, 1.165) is 12.3 Å². The summed E-state index contributed by atoms with van der Waals surface area (Å²) in [5, 5.41) is 0. The highest BCUT2D eigenvalue weighted by molar-refractivity contribution is 4.82. The van der Waals surface area contributed by atoms with Crippen LogP contribution in [0.1, 0.15) is 61.3 Å². The lowest BCUT2D eigenvalue weighted by Gasteiger charge is -2.12. The summed E-state index contributed by atoms with van der Waals surface area (Å²) in [5.41, 5.74) is 0.542. The first-order valence-corrected chi connectivity index (χ1v) is 5.50. The third kappa shape index (κ3) is 24.5. The predicted octanol–water partition coefficient (Wildman–Crippen LogP) is 5.05. The minimum absolute atomic E-state index is 0.542. The molecule has 0 spiro atoms. The van der Waals surface area contributed by atoms with E-state index < -0.39 is 0 Å². The van der Waals surface area contributed by atoms with E-state index in [2.05, 4.69) is 60.6 Å². The molecule has 80 valence electrons. The summed E-state index contributed by atoms with van der Waals surface area (Å²) >= 11 is 0.